The van der Waals surface area contributed by atoms with Crippen LogP contribution in [0.15, 0.2) is 41.6 Å². The summed E-state index contributed by atoms with van der Waals surface area (Å²) in [5, 5.41) is 31.3. The number of tetrazole rings is 1. The minimum absolute atomic E-state index is 0.140. The van der Waals surface area contributed by atoms with Gasteiger partial charge in [-0.15, -0.1) is 5.10 Å². The monoisotopic (exact) mass is 340 g/mol. The van der Waals surface area contributed by atoms with Crippen LogP contribution in [0.2, 0.25) is 0 Å². The Morgan fingerprint density at radius 1 is 1.00 bits per heavy atom. The summed E-state index contributed by atoms with van der Waals surface area (Å²) >= 11 is 1.37. The van der Waals surface area contributed by atoms with E-state index >= 15 is 0 Å². The predicted octanol–water partition coefficient (Wildman–Crippen LogP) is 3.20. The summed E-state index contributed by atoms with van der Waals surface area (Å²) in [6.07, 6.45) is 1.81. The number of hydrogen-bond donors (Lipinski definition) is 2. The number of hydrogen-bond acceptors (Lipinski definition) is 6. The molecule has 0 aliphatic carbocycles. The molecule has 24 heavy (non-hydrogen) atoms. The molecular weight excluding hydrogens is 324 g/mol. The van der Waals surface area contributed by atoms with Crippen molar-refractivity contribution >= 4 is 11.8 Å². The molecule has 122 valence electrons. The zero-order valence-corrected chi connectivity index (χ0v) is 14.0. The lowest BCUT2D eigenvalue weighted by Gasteiger charge is -2.07. The standard InChI is InChI=1S/C17H16N4O2S/c1-11-3-5-14(9-12(11)2)21-17(18-19-20-21)24-8-7-13-4-6-15(22)16(23)10-13/h3-10,22-23H,1-2H3. The van der Waals surface area contributed by atoms with Crippen molar-refractivity contribution in [1.29, 1.82) is 0 Å². The van der Waals surface area contributed by atoms with Gasteiger partial charge in [0.2, 0.25) is 5.16 Å². The van der Waals surface area contributed by atoms with E-state index in [1.54, 1.807) is 10.7 Å². The van der Waals surface area contributed by atoms with Crippen LogP contribution >= 0.6 is 11.8 Å². The van der Waals surface area contributed by atoms with E-state index in [2.05, 4.69) is 22.4 Å². The highest BCUT2D eigenvalue weighted by Gasteiger charge is 2.10. The first-order valence-electron chi connectivity index (χ1n) is 7.26. The molecule has 0 amide bonds. The quantitative estimate of drug-likeness (QED) is 0.548. The molecule has 0 saturated heterocycles. The number of aryl methyl sites for hydroxylation is 2. The number of benzene rings is 2. The maximum Gasteiger partial charge on any atom is 0.214 e. The molecule has 1 aromatic heterocycles. The van der Waals surface area contributed by atoms with Gasteiger partial charge in [0.25, 0.3) is 0 Å². The van der Waals surface area contributed by atoms with Gasteiger partial charge in [-0.1, -0.05) is 23.9 Å². The second-order valence-electron chi connectivity index (χ2n) is 5.31. The fraction of sp³-hybridized carbons (Fsp3) is 0.118. The topological polar surface area (TPSA) is 84.1 Å². The Kier molecular flexibility index (Phi) is 4.71. The third-order valence-electron chi connectivity index (χ3n) is 3.61. The summed E-state index contributed by atoms with van der Waals surface area (Å²) in [7, 11) is 0. The zero-order chi connectivity index (χ0) is 17.1. The highest BCUT2D eigenvalue weighted by atomic mass is 32.2. The molecule has 1 heterocycles. The molecule has 7 heteroatoms. The van der Waals surface area contributed by atoms with Gasteiger partial charge in [0.1, 0.15) is 0 Å². The molecule has 0 unspecified atom stereocenters. The summed E-state index contributed by atoms with van der Waals surface area (Å²) < 4.78 is 1.68. The summed E-state index contributed by atoms with van der Waals surface area (Å²) in [6.45, 7) is 4.11. The summed E-state index contributed by atoms with van der Waals surface area (Å²) in [4.78, 5) is 0. The fourth-order valence-corrected chi connectivity index (χ4v) is 2.76. The Morgan fingerprint density at radius 2 is 1.83 bits per heavy atom. The third-order valence-corrected chi connectivity index (χ3v) is 4.35. The van der Waals surface area contributed by atoms with Crippen molar-refractivity contribution in [3.63, 3.8) is 0 Å². The average molecular weight is 340 g/mol. The number of thioether (sulfide) groups is 1. The van der Waals surface area contributed by atoms with Gasteiger partial charge in [-0.05, 0) is 65.2 Å². The smallest absolute Gasteiger partial charge is 0.214 e. The third kappa shape index (κ3) is 3.51. The number of nitrogens with zero attached hydrogens (tertiary/aromatic N) is 4. The van der Waals surface area contributed by atoms with Crippen molar-refractivity contribution in [2.24, 2.45) is 0 Å². The Balaban J connectivity index is 1.69. The van der Waals surface area contributed by atoms with Gasteiger partial charge >= 0.3 is 0 Å². The van der Waals surface area contributed by atoms with Crippen molar-refractivity contribution < 1.29 is 10.2 Å². The Bertz CT molecular complexity index is 864. The highest BCUT2D eigenvalue weighted by molar-refractivity contribution is 8.01. The number of aromatic nitrogens is 4. The van der Waals surface area contributed by atoms with Crippen molar-refractivity contribution in [2.75, 3.05) is 0 Å². The van der Waals surface area contributed by atoms with Gasteiger partial charge in [0, 0.05) is 12.2 Å². The van der Waals surface area contributed by atoms with Crippen LogP contribution in [0.5, 0.6) is 11.5 Å². The number of aromatic hydroxyl groups is 2. The van der Waals surface area contributed by atoms with E-state index in [1.165, 1.54) is 35.0 Å². The first kappa shape index (κ1) is 16.3. The molecule has 2 radical (unpaired) electrons. The lowest BCUT2D eigenvalue weighted by molar-refractivity contribution is 0.403. The molecular formula is C17H16N4O2S. The second-order valence-corrected chi connectivity index (χ2v) is 6.18. The van der Waals surface area contributed by atoms with E-state index in [-0.39, 0.29) is 11.5 Å². The summed E-state index contributed by atoms with van der Waals surface area (Å²) in [6, 6.07) is 10.7. The molecule has 3 aromatic rings. The van der Waals surface area contributed by atoms with Gasteiger partial charge in [-0.25, -0.2) is 0 Å². The molecule has 0 saturated carbocycles. The maximum absolute atomic E-state index is 9.50. The zero-order valence-electron chi connectivity index (χ0n) is 13.2. The summed E-state index contributed by atoms with van der Waals surface area (Å²) in [5.41, 5.74) is 4.06. The van der Waals surface area contributed by atoms with Gasteiger partial charge in [0.15, 0.2) is 11.5 Å². The van der Waals surface area contributed by atoms with Crippen LogP contribution < -0.4 is 0 Å². The molecule has 3 rings (SSSR count). The molecule has 0 aliphatic rings. The molecule has 0 aliphatic heterocycles. The molecule has 0 fully saturated rings. The number of phenolic OH excluding ortho intramolecular Hbond substituents is 2. The summed E-state index contributed by atoms with van der Waals surface area (Å²) in [5.74, 6) is 1.54. The van der Waals surface area contributed by atoms with Crippen LogP contribution in [-0.4, -0.2) is 30.4 Å². The Labute approximate surface area is 144 Å². The SMILES string of the molecule is Cc1ccc(-n2nnnc2S[CH][CH]c2ccc(O)c(O)c2)cc1C. The van der Waals surface area contributed by atoms with Crippen molar-refractivity contribution in [1.82, 2.24) is 20.2 Å². The van der Waals surface area contributed by atoms with Crippen LogP contribution in [0.25, 0.3) is 5.69 Å². The van der Waals surface area contributed by atoms with E-state index < -0.39 is 0 Å². The van der Waals surface area contributed by atoms with Crippen molar-refractivity contribution in [3.8, 4) is 17.2 Å². The van der Waals surface area contributed by atoms with E-state index in [1.807, 2.05) is 37.3 Å². The first-order valence-corrected chi connectivity index (χ1v) is 8.14. The maximum atomic E-state index is 9.50. The van der Waals surface area contributed by atoms with Gasteiger partial charge in [0.05, 0.1) is 5.69 Å². The van der Waals surface area contributed by atoms with E-state index in [0.29, 0.717) is 5.16 Å². The van der Waals surface area contributed by atoms with Crippen LogP contribution in [0.3, 0.4) is 0 Å². The average Bonchev–Trinajstić information content (AvgIpc) is 3.02. The van der Waals surface area contributed by atoms with Gasteiger partial charge in [-0.2, -0.15) is 4.68 Å². The van der Waals surface area contributed by atoms with Crippen LogP contribution in [-0.2, 0) is 0 Å². The molecule has 0 spiro atoms. The minimum atomic E-state index is -0.151. The number of rotatable bonds is 5. The Hall–Kier alpha value is -2.54. The molecule has 2 N–H and O–H groups in total. The molecule has 2 aromatic carbocycles. The van der Waals surface area contributed by atoms with Crippen LogP contribution in [0, 0.1) is 26.0 Å². The van der Waals surface area contributed by atoms with Crippen LogP contribution in [0.4, 0.5) is 0 Å². The van der Waals surface area contributed by atoms with Crippen molar-refractivity contribution in [2.45, 2.75) is 19.0 Å². The first-order chi connectivity index (χ1) is 11.5. The van der Waals surface area contributed by atoms with E-state index in [0.717, 1.165) is 11.3 Å². The second kappa shape index (κ2) is 6.92. The number of phenols is 2. The van der Waals surface area contributed by atoms with Gasteiger partial charge < -0.3 is 10.2 Å². The van der Waals surface area contributed by atoms with Gasteiger partial charge in [-0.3, -0.25) is 0 Å². The fourth-order valence-electron chi connectivity index (χ4n) is 2.09. The normalized spacial score (nSPS) is 10.9. The molecule has 6 nitrogen and oxygen atoms in total. The largest absolute Gasteiger partial charge is 0.504 e. The lowest BCUT2D eigenvalue weighted by atomic mass is 10.1. The van der Waals surface area contributed by atoms with Crippen LogP contribution in [0.1, 0.15) is 16.7 Å². The van der Waals surface area contributed by atoms with E-state index in [9.17, 15) is 10.2 Å². The molecule has 0 bridgehead atoms. The predicted molar refractivity (Wildman–Crippen MR) is 92.0 cm³/mol. The Morgan fingerprint density at radius 3 is 2.58 bits per heavy atom. The highest BCUT2D eigenvalue weighted by Crippen LogP contribution is 2.28. The lowest BCUT2D eigenvalue weighted by Crippen LogP contribution is -2.00. The van der Waals surface area contributed by atoms with Crippen molar-refractivity contribution in [3.05, 3.63) is 65.3 Å². The minimum Gasteiger partial charge on any atom is -0.504 e. The molecule has 0 atom stereocenters. The van der Waals surface area contributed by atoms with E-state index in [4.69, 9.17) is 0 Å².